The van der Waals surface area contributed by atoms with Crippen LogP contribution in [0, 0.1) is 5.92 Å². The molecule has 0 unspecified atom stereocenters. The van der Waals surface area contributed by atoms with Crippen LogP contribution in [0.15, 0.2) is 48.5 Å². The number of carbonyl (C=O) groups is 1. The molecule has 3 aromatic rings. The van der Waals surface area contributed by atoms with Crippen molar-refractivity contribution < 1.29 is 9.90 Å². The molecular weight excluding hydrogens is 416 g/mol. The van der Waals surface area contributed by atoms with Crippen LogP contribution in [0.3, 0.4) is 0 Å². The highest BCUT2D eigenvalue weighted by Crippen LogP contribution is 2.33. The van der Waals surface area contributed by atoms with Crippen LogP contribution >= 0.6 is 22.9 Å². The Morgan fingerprint density at radius 3 is 2.67 bits per heavy atom. The van der Waals surface area contributed by atoms with Gasteiger partial charge < -0.3 is 10.4 Å². The normalized spacial score (nSPS) is 15.6. The van der Waals surface area contributed by atoms with Gasteiger partial charge in [-0.1, -0.05) is 41.9 Å². The van der Waals surface area contributed by atoms with Crippen molar-refractivity contribution in [2.75, 3.05) is 19.6 Å². The van der Waals surface area contributed by atoms with Crippen LogP contribution in [0.5, 0.6) is 0 Å². The number of likely N-dealkylation sites (tertiary alicyclic amines) is 1. The van der Waals surface area contributed by atoms with Gasteiger partial charge in [0.2, 0.25) is 0 Å². The molecule has 1 saturated heterocycles. The minimum absolute atomic E-state index is 0.411. The van der Waals surface area contributed by atoms with E-state index in [2.05, 4.69) is 40.5 Å². The zero-order valence-electron chi connectivity index (χ0n) is 16.9. The van der Waals surface area contributed by atoms with Gasteiger partial charge in [0.05, 0.1) is 0 Å². The minimum atomic E-state index is -0.866. The summed E-state index contributed by atoms with van der Waals surface area (Å²) in [6.07, 6.45) is 3.59. The molecule has 30 heavy (non-hydrogen) atoms. The van der Waals surface area contributed by atoms with Crippen LogP contribution in [0.25, 0.3) is 10.1 Å². The van der Waals surface area contributed by atoms with E-state index in [-0.39, 0.29) is 0 Å². The van der Waals surface area contributed by atoms with Crippen molar-refractivity contribution in [3.63, 3.8) is 0 Å². The van der Waals surface area contributed by atoms with Gasteiger partial charge in [0.1, 0.15) is 4.88 Å². The topological polar surface area (TPSA) is 52.6 Å². The third-order valence-electron chi connectivity index (χ3n) is 5.93. The third kappa shape index (κ3) is 5.22. The summed E-state index contributed by atoms with van der Waals surface area (Å²) in [5.41, 5.74) is 2.23. The van der Waals surface area contributed by atoms with Gasteiger partial charge in [0.25, 0.3) is 0 Å². The molecule has 2 N–H and O–H groups in total. The summed E-state index contributed by atoms with van der Waals surface area (Å²) >= 11 is 7.46. The number of fused-ring (bicyclic) bond motifs is 1. The fourth-order valence-corrected chi connectivity index (χ4v) is 5.48. The Bertz CT molecular complexity index is 997. The van der Waals surface area contributed by atoms with E-state index in [0.29, 0.717) is 16.4 Å². The summed E-state index contributed by atoms with van der Waals surface area (Å²) in [5.74, 6) is -0.132. The number of nitrogens with zero attached hydrogens (tertiary/aromatic N) is 1. The van der Waals surface area contributed by atoms with Gasteiger partial charge in [-0.25, -0.2) is 4.79 Å². The molecule has 158 valence electrons. The summed E-state index contributed by atoms with van der Waals surface area (Å²) in [6, 6.07) is 16.3. The minimum Gasteiger partial charge on any atom is -0.477 e. The first-order valence-corrected chi connectivity index (χ1v) is 11.7. The van der Waals surface area contributed by atoms with Crippen LogP contribution in [0.4, 0.5) is 0 Å². The van der Waals surface area contributed by atoms with Gasteiger partial charge in [-0.3, -0.25) is 4.90 Å². The maximum atomic E-state index is 11.7. The number of halogens is 1. The maximum Gasteiger partial charge on any atom is 0.346 e. The largest absolute Gasteiger partial charge is 0.477 e. The van der Waals surface area contributed by atoms with Gasteiger partial charge in [-0.15, -0.1) is 11.3 Å². The smallest absolute Gasteiger partial charge is 0.346 e. The van der Waals surface area contributed by atoms with E-state index in [0.717, 1.165) is 54.2 Å². The highest BCUT2D eigenvalue weighted by atomic mass is 35.5. The van der Waals surface area contributed by atoms with Crippen molar-refractivity contribution in [2.24, 2.45) is 5.92 Å². The lowest BCUT2D eigenvalue weighted by Crippen LogP contribution is -2.34. The Kier molecular flexibility index (Phi) is 7.05. The number of rotatable bonds is 8. The second-order valence-corrected chi connectivity index (χ2v) is 9.51. The van der Waals surface area contributed by atoms with Gasteiger partial charge in [0.15, 0.2) is 0 Å². The zero-order chi connectivity index (χ0) is 20.9. The second-order valence-electron chi connectivity index (χ2n) is 8.03. The molecule has 1 aliphatic rings. The first-order valence-electron chi connectivity index (χ1n) is 10.5. The van der Waals surface area contributed by atoms with Crippen LogP contribution < -0.4 is 5.32 Å². The number of hydrogen-bond donors (Lipinski definition) is 2. The van der Waals surface area contributed by atoms with E-state index >= 15 is 0 Å². The quantitative estimate of drug-likeness (QED) is 0.443. The van der Waals surface area contributed by atoms with Crippen molar-refractivity contribution in [1.82, 2.24) is 10.2 Å². The molecule has 1 aromatic heterocycles. The Morgan fingerprint density at radius 2 is 1.93 bits per heavy atom. The summed E-state index contributed by atoms with van der Waals surface area (Å²) < 4.78 is 0.972. The Morgan fingerprint density at radius 1 is 1.17 bits per heavy atom. The van der Waals surface area contributed by atoms with Gasteiger partial charge >= 0.3 is 5.97 Å². The number of hydrogen-bond acceptors (Lipinski definition) is 4. The lowest BCUT2D eigenvalue weighted by atomic mass is 9.93. The van der Waals surface area contributed by atoms with Crippen LogP contribution in [0.2, 0.25) is 5.02 Å². The van der Waals surface area contributed by atoms with Crippen molar-refractivity contribution in [1.29, 1.82) is 0 Å². The molecule has 4 rings (SSSR count). The second kappa shape index (κ2) is 9.92. The van der Waals surface area contributed by atoms with E-state index < -0.39 is 5.97 Å². The number of piperidine rings is 1. The molecule has 1 aliphatic heterocycles. The lowest BCUT2D eigenvalue weighted by molar-refractivity contribution is 0.0701. The van der Waals surface area contributed by atoms with Gasteiger partial charge in [-0.2, -0.15) is 0 Å². The SMILES string of the molecule is O=C(O)c1sc2ccc(Cl)cc2c1CNCCC1CCN(Cc2ccccc2)CC1. The van der Waals surface area contributed by atoms with Gasteiger partial charge in [-0.05, 0) is 79.5 Å². The maximum absolute atomic E-state index is 11.7. The number of carboxylic acid groups (broad SMARTS) is 1. The first kappa shape index (κ1) is 21.3. The third-order valence-corrected chi connectivity index (χ3v) is 7.37. The molecule has 2 heterocycles. The summed E-state index contributed by atoms with van der Waals surface area (Å²) in [4.78, 5) is 14.6. The summed E-state index contributed by atoms with van der Waals surface area (Å²) in [5, 5.41) is 14.6. The molecule has 0 aliphatic carbocycles. The summed E-state index contributed by atoms with van der Waals surface area (Å²) in [7, 11) is 0. The average molecular weight is 443 g/mol. The van der Waals surface area contributed by atoms with Crippen molar-refractivity contribution in [3.8, 4) is 0 Å². The predicted octanol–water partition coefficient (Wildman–Crippen LogP) is 5.64. The Labute approximate surface area is 186 Å². The first-order chi connectivity index (χ1) is 14.6. The van der Waals surface area contributed by atoms with E-state index in [1.807, 2.05) is 18.2 Å². The van der Waals surface area contributed by atoms with E-state index in [1.54, 1.807) is 0 Å². The molecular formula is C24H27ClN2O2S. The molecule has 0 radical (unpaired) electrons. The van der Waals surface area contributed by atoms with Crippen molar-refractivity contribution in [3.05, 3.63) is 69.6 Å². The lowest BCUT2D eigenvalue weighted by Gasteiger charge is -2.32. The molecule has 1 fully saturated rings. The Balaban J connectivity index is 1.25. The molecule has 0 saturated carbocycles. The fraction of sp³-hybridized carbons (Fsp3) is 0.375. The van der Waals surface area contributed by atoms with E-state index in [1.165, 1.54) is 29.7 Å². The zero-order valence-corrected chi connectivity index (χ0v) is 18.5. The van der Waals surface area contributed by atoms with E-state index in [9.17, 15) is 9.90 Å². The number of aromatic carboxylic acids is 1. The predicted molar refractivity (Wildman–Crippen MR) is 125 cm³/mol. The standard InChI is InChI=1S/C24H27ClN2O2S/c25-19-6-7-22-20(14-19)21(23(30-22)24(28)29)15-26-11-8-17-9-12-27(13-10-17)16-18-4-2-1-3-5-18/h1-7,14,17,26H,8-13,15-16H2,(H,28,29). The molecule has 4 nitrogen and oxygen atoms in total. The number of thiophene rings is 1. The number of carboxylic acids is 1. The monoisotopic (exact) mass is 442 g/mol. The van der Waals surface area contributed by atoms with Gasteiger partial charge in [0, 0.05) is 22.8 Å². The summed E-state index contributed by atoms with van der Waals surface area (Å²) in [6.45, 7) is 4.81. The molecule has 0 atom stereocenters. The van der Waals surface area contributed by atoms with Crippen LogP contribution in [0.1, 0.15) is 40.1 Å². The van der Waals surface area contributed by atoms with Crippen LogP contribution in [-0.2, 0) is 13.1 Å². The molecule has 6 heteroatoms. The molecule has 0 spiro atoms. The molecule has 2 aromatic carbocycles. The number of nitrogens with one attached hydrogen (secondary N) is 1. The highest BCUT2D eigenvalue weighted by molar-refractivity contribution is 7.21. The molecule has 0 bridgehead atoms. The number of benzene rings is 2. The molecule has 0 amide bonds. The highest BCUT2D eigenvalue weighted by Gasteiger charge is 2.20. The van der Waals surface area contributed by atoms with Crippen LogP contribution in [-0.4, -0.2) is 35.6 Å². The van der Waals surface area contributed by atoms with Crippen molar-refractivity contribution in [2.45, 2.75) is 32.4 Å². The average Bonchev–Trinajstić information content (AvgIpc) is 3.11. The van der Waals surface area contributed by atoms with Crippen molar-refractivity contribution >= 4 is 39.0 Å². The van der Waals surface area contributed by atoms with E-state index in [4.69, 9.17) is 11.6 Å². The Hall–Kier alpha value is -1.92. The fourth-order valence-electron chi connectivity index (χ4n) is 4.26.